The van der Waals surface area contributed by atoms with E-state index in [4.69, 9.17) is 11.6 Å². The molecule has 2 heterocycles. The maximum Gasteiger partial charge on any atom is 0.234 e. The van der Waals surface area contributed by atoms with Crippen molar-refractivity contribution in [1.29, 1.82) is 0 Å². The Bertz CT molecular complexity index is 863. The van der Waals surface area contributed by atoms with Crippen LogP contribution < -0.4 is 10.2 Å². The number of carbonyl (C=O) groups excluding carboxylic acids is 1. The molecule has 1 amide bonds. The summed E-state index contributed by atoms with van der Waals surface area (Å²) in [6, 6.07) is 9.43. The molecule has 0 unspecified atom stereocenters. The smallest absolute Gasteiger partial charge is 0.234 e. The zero-order valence-corrected chi connectivity index (χ0v) is 14.8. The number of nitrogens with zero attached hydrogens (tertiary/aromatic N) is 3. The number of carbonyl (C=O) groups is 1. The number of imidazole rings is 1. The van der Waals surface area contributed by atoms with Gasteiger partial charge in [0.2, 0.25) is 5.91 Å². The highest BCUT2D eigenvalue weighted by atomic mass is 35.5. The second-order valence-corrected chi connectivity index (χ2v) is 6.75. The van der Waals surface area contributed by atoms with Gasteiger partial charge < -0.3 is 15.2 Å². The van der Waals surface area contributed by atoms with E-state index < -0.39 is 0 Å². The second kappa shape index (κ2) is 7.11. The minimum Gasteiger partial charge on any atom is -0.378 e. The molecule has 1 aromatic carbocycles. The molecule has 3 aromatic rings. The molecule has 0 fully saturated rings. The van der Waals surface area contributed by atoms with E-state index in [1.165, 1.54) is 11.8 Å². The van der Waals surface area contributed by atoms with E-state index in [0.29, 0.717) is 15.8 Å². The van der Waals surface area contributed by atoms with Crippen LogP contribution in [0.1, 0.15) is 0 Å². The molecular weight excluding hydrogens is 346 g/mol. The van der Waals surface area contributed by atoms with Crippen LogP contribution in [0.2, 0.25) is 5.02 Å². The first-order valence-electron chi connectivity index (χ1n) is 7.22. The number of fused-ring (bicyclic) bond motifs is 1. The third-order valence-corrected chi connectivity index (χ3v) is 4.37. The zero-order chi connectivity index (χ0) is 17.1. The van der Waals surface area contributed by atoms with Crippen LogP contribution in [0, 0.1) is 0 Å². The lowest BCUT2D eigenvalue weighted by molar-refractivity contribution is -0.113. The first-order valence-corrected chi connectivity index (χ1v) is 8.59. The Morgan fingerprint density at radius 2 is 2.08 bits per heavy atom. The third kappa shape index (κ3) is 3.98. The summed E-state index contributed by atoms with van der Waals surface area (Å²) in [6.07, 6.45) is 1.54. The van der Waals surface area contributed by atoms with Crippen molar-refractivity contribution in [3.8, 4) is 0 Å². The van der Waals surface area contributed by atoms with Crippen molar-refractivity contribution in [3.63, 3.8) is 0 Å². The van der Waals surface area contributed by atoms with Gasteiger partial charge in [-0.05, 0) is 30.3 Å². The second-order valence-electron chi connectivity index (χ2n) is 5.34. The Balaban J connectivity index is 1.58. The Labute approximate surface area is 148 Å². The lowest BCUT2D eigenvalue weighted by Crippen LogP contribution is -2.14. The van der Waals surface area contributed by atoms with Gasteiger partial charge in [-0.2, -0.15) is 0 Å². The average Bonchev–Trinajstić information content (AvgIpc) is 2.95. The lowest BCUT2D eigenvalue weighted by atomic mass is 10.2. The monoisotopic (exact) mass is 361 g/mol. The van der Waals surface area contributed by atoms with Crippen LogP contribution in [0.5, 0.6) is 0 Å². The first-order chi connectivity index (χ1) is 11.5. The van der Waals surface area contributed by atoms with Crippen LogP contribution in [0.15, 0.2) is 41.7 Å². The number of benzene rings is 1. The van der Waals surface area contributed by atoms with Crippen LogP contribution in [-0.4, -0.2) is 40.7 Å². The van der Waals surface area contributed by atoms with Gasteiger partial charge in [0.15, 0.2) is 10.8 Å². The number of pyridine rings is 1. The summed E-state index contributed by atoms with van der Waals surface area (Å²) in [7, 11) is 3.94. The van der Waals surface area contributed by atoms with E-state index in [0.717, 1.165) is 16.9 Å². The molecule has 2 aromatic heterocycles. The topological polar surface area (TPSA) is 73.9 Å². The Morgan fingerprint density at radius 1 is 1.33 bits per heavy atom. The number of amides is 1. The van der Waals surface area contributed by atoms with Gasteiger partial charge in [0.05, 0.1) is 16.3 Å². The van der Waals surface area contributed by atoms with Crippen molar-refractivity contribution in [1.82, 2.24) is 15.0 Å². The highest BCUT2D eigenvalue weighted by Gasteiger charge is 2.09. The van der Waals surface area contributed by atoms with E-state index in [-0.39, 0.29) is 11.7 Å². The van der Waals surface area contributed by atoms with Gasteiger partial charge >= 0.3 is 0 Å². The van der Waals surface area contributed by atoms with Crippen molar-refractivity contribution >= 4 is 51.8 Å². The number of hydrogen-bond acceptors (Lipinski definition) is 5. The number of halogens is 1. The summed E-state index contributed by atoms with van der Waals surface area (Å²) in [5, 5.41) is 4.04. The van der Waals surface area contributed by atoms with Gasteiger partial charge in [0, 0.05) is 31.7 Å². The number of hydrogen-bond donors (Lipinski definition) is 2. The third-order valence-electron chi connectivity index (χ3n) is 3.29. The van der Waals surface area contributed by atoms with Crippen molar-refractivity contribution < 1.29 is 4.79 Å². The van der Waals surface area contributed by atoms with Crippen molar-refractivity contribution in [3.05, 3.63) is 41.6 Å². The van der Waals surface area contributed by atoms with Crippen LogP contribution in [0.4, 0.5) is 11.4 Å². The Hall–Kier alpha value is -2.25. The Morgan fingerprint density at radius 3 is 2.79 bits per heavy atom. The number of thioether (sulfide) groups is 1. The number of rotatable bonds is 5. The molecule has 0 saturated heterocycles. The highest BCUT2D eigenvalue weighted by molar-refractivity contribution is 7.99. The average molecular weight is 362 g/mol. The van der Waals surface area contributed by atoms with E-state index in [2.05, 4.69) is 20.3 Å². The normalized spacial score (nSPS) is 10.8. The molecule has 0 aliphatic heterocycles. The van der Waals surface area contributed by atoms with Crippen molar-refractivity contribution in [2.24, 2.45) is 0 Å². The van der Waals surface area contributed by atoms with Crippen molar-refractivity contribution in [2.75, 3.05) is 30.1 Å². The Kier molecular flexibility index (Phi) is 4.92. The first kappa shape index (κ1) is 16.6. The molecule has 8 heteroatoms. The fourth-order valence-corrected chi connectivity index (χ4v) is 2.93. The number of H-pyrrole nitrogens is 1. The largest absolute Gasteiger partial charge is 0.378 e. The number of aromatic nitrogens is 3. The van der Waals surface area contributed by atoms with Crippen LogP contribution in [0.25, 0.3) is 11.2 Å². The molecule has 0 aliphatic carbocycles. The van der Waals surface area contributed by atoms with E-state index in [1.807, 2.05) is 43.3 Å². The maximum atomic E-state index is 12.1. The minimum atomic E-state index is -0.0935. The molecule has 0 saturated carbocycles. The van der Waals surface area contributed by atoms with Crippen LogP contribution >= 0.6 is 23.4 Å². The summed E-state index contributed by atoms with van der Waals surface area (Å²) < 4.78 is 0. The zero-order valence-electron chi connectivity index (χ0n) is 13.2. The molecule has 6 nitrogen and oxygen atoms in total. The number of anilines is 2. The predicted molar refractivity (Wildman–Crippen MR) is 99.0 cm³/mol. The van der Waals surface area contributed by atoms with Gasteiger partial charge in [-0.25, -0.2) is 9.97 Å². The molecule has 0 radical (unpaired) electrons. The molecule has 124 valence electrons. The van der Waals surface area contributed by atoms with Crippen LogP contribution in [0.3, 0.4) is 0 Å². The summed E-state index contributed by atoms with van der Waals surface area (Å²) >= 11 is 7.21. The summed E-state index contributed by atoms with van der Waals surface area (Å²) in [4.78, 5) is 25.6. The van der Waals surface area contributed by atoms with Gasteiger partial charge in [-0.1, -0.05) is 23.4 Å². The summed E-state index contributed by atoms with van der Waals surface area (Å²) in [5.41, 5.74) is 3.19. The standard InChI is InChI=1S/C16H16ClN5OS/c1-22(2)12-5-3-11(4-6-12)19-14(23)9-24-16-20-13-7-10(17)8-18-15(13)21-16/h3-8H,9H2,1-2H3,(H,19,23)(H,18,20,21). The van der Waals surface area contributed by atoms with Crippen molar-refractivity contribution in [2.45, 2.75) is 5.16 Å². The summed E-state index contributed by atoms with van der Waals surface area (Å²) in [5.74, 6) is 0.159. The molecule has 24 heavy (non-hydrogen) atoms. The maximum absolute atomic E-state index is 12.1. The van der Waals surface area contributed by atoms with Crippen LogP contribution in [-0.2, 0) is 4.79 Å². The van der Waals surface area contributed by atoms with Gasteiger partial charge in [0.1, 0.15) is 0 Å². The minimum absolute atomic E-state index is 0.0935. The SMILES string of the molecule is CN(C)c1ccc(NC(=O)CSc2nc3ncc(Cl)cc3[nH]2)cc1. The van der Waals surface area contributed by atoms with E-state index >= 15 is 0 Å². The van der Waals surface area contributed by atoms with E-state index in [1.54, 1.807) is 12.3 Å². The van der Waals surface area contributed by atoms with E-state index in [9.17, 15) is 4.79 Å². The number of aromatic amines is 1. The highest BCUT2D eigenvalue weighted by Crippen LogP contribution is 2.21. The van der Waals surface area contributed by atoms with Gasteiger partial charge in [-0.15, -0.1) is 0 Å². The summed E-state index contributed by atoms with van der Waals surface area (Å²) in [6.45, 7) is 0. The fourth-order valence-electron chi connectivity index (χ4n) is 2.09. The predicted octanol–water partition coefficient (Wildman–Crippen LogP) is 3.41. The molecule has 0 aliphatic rings. The molecule has 2 N–H and O–H groups in total. The quantitative estimate of drug-likeness (QED) is 0.681. The van der Waals surface area contributed by atoms with Gasteiger partial charge in [0.25, 0.3) is 0 Å². The van der Waals surface area contributed by atoms with Gasteiger partial charge in [-0.3, -0.25) is 4.79 Å². The number of nitrogens with one attached hydrogen (secondary N) is 2. The molecule has 0 bridgehead atoms. The lowest BCUT2D eigenvalue weighted by Gasteiger charge is -2.12. The molecule has 0 spiro atoms. The molecular formula is C16H16ClN5OS. The molecule has 3 rings (SSSR count). The molecule has 0 atom stereocenters. The fraction of sp³-hybridized carbons (Fsp3) is 0.188.